The van der Waals surface area contributed by atoms with Crippen molar-refractivity contribution >= 4 is 21.8 Å². The van der Waals surface area contributed by atoms with Crippen molar-refractivity contribution in [1.82, 2.24) is 4.98 Å². The molecule has 0 unspecified atom stereocenters. The third-order valence-corrected chi connectivity index (χ3v) is 8.46. The van der Waals surface area contributed by atoms with Crippen molar-refractivity contribution in [2.45, 2.75) is 123 Å². The standard InChI is InChI=1S/C36H51N2O/c1-3-4-5-6-7-8-9-10-11-12-13-14-15-20-26-38-27-25-30(31-21-17-19-24-34(31)38)28-35(39)36-29(2)37-33-23-18-16-22-32(33)36/h16-19,21-25,27,35,37,39H,3-15,20,26,28H2,1-2H3/q+1/t35-/m0/s1. The number of benzene rings is 2. The van der Waals surface area contributed by atoms with E-state index in [1.807, 2.05) is 12.1 Å². The molecule has 4 aromatic rings. The number of hydrogen-bond donors (Lipinski definition) is 2. The summed E-state index contributed by atoms with van der Waals surface area (Å²) in [6.45, 7) is 5.41. The predicted molar refractivity (Wildman–Crippen MR) is 166 cm³/mol. The number of nitrogens with one attached hydrogen (secondary N) is 1. The monoisotopic (exact) mass is 527 g/mol. The van der Waals surface area contributed by atoms with Gasteiger partial charge in [0.1, 0.15) is 6.54 Å². The Morgan fingerprint density at radius 1 is 0.692 bits per heavy atom. The van der Waals surface area contributed by atoms with Crippen LogP contribution < -0.4 is 4.57 Å². The van der Waals surface area contributed by atoms with Gasteiger partial charge in [-0.05, 0) is 31.0 Å². The normalized spacial score (nSPS) is 12.5. The molecular formula is C36H51N2O+. The van der Waals surface area contributed by atoms with Crippen LogP contribution in [0.1, 0.15) is 120 Å². The first-order valence-corrected chi connectivity index (χ1v) is 15.8. The molecule has 0 saturated carbocycles. The van der Waals surface area contributed by atoms with E-state index < -0.39 is 6.10 Å². The minimum absolute atomic E-state index is 0.536. The number of nitrogens with zero attached hydrogens (tertiary/aromatic N) is 1. The van der Waals surface area contributed by atoms with Gasteiger partial charge in [-0.25, -0.2) is 0 Å². The molecule has 0 aliphatic carbocycles. The maximum atomic E-state index is 11.3. The molecule has 0 spiro atoms. The molecule has 210 valence electrons. The number of unbranched alkanes of at least 4 members (excludes halogenated alkanes) is 13. The van der Waals surface area contributed by atoms with Crippen molar-refractivity contribution in [3.63, 3.8) is 0 Å². The van der Waals surface area contributed by atoms with Crippen molar-refractivity contribution in [3.05, 3.63) is 77.6 Å². The molecule has 0 amide bonds. The third kappa shape index (κ3) is 8.42. The Balaban J connectivity index is 1.22. The summed E-state index contributed by atoms with van der Waals surface area (Å²) >= 11 is 0. The van der Waals surface area contributed by atoms with Gasteiger partial charge in [0.2, 0.25) is 5.52 Å². The van der Waals surface area contributed by atoms with Gasteiger partial charge in [-0.3, -0.25) is 0 Å². The van der Waals surface area contributed by atoms with Crippen LogP contribution in [0.2, 0.25) is 0 Å². The van der Waals surface area contributed by atoms with Gasteiger partial charge < -0.3 is 10.1 Å². The van der Waals surface area contributed by atoms with Crippen molar-refractivity contribution in [2.24, 2.45) is 0 Å². The number of aromatic amines is 1. The molecular weight excluding hydrogens is 476 g/mol. The number of aromatic nitrogens is 2. The topological polar surface area (TPSA) is 39.9 Å². The minimum atomic E-state index is -0.536. The number of para-hydroxylation sites is 2. The highest BCUT2D eigenvalue weighted by molar-refractivity contribution is 5.85. The second-order valence-electron chi connectivity index (χ2n) is 11.6. The summed E-state index contributed by atoms with van der Waals surface area (Å²) < 4.78 is 2.41. The van der Waals surface area contributed by atoms with Gasteiger partial charge in [-0.2, -0.15) is 4.57 Å². The molecule has 0 aliphatic heterocycles. The van der Waals surface area contributed by atoms with Gasteiger partial charge in [0.15, 0.2) is 6.20 Å². The van der Waals surface area contributed by atoms with E-state index in [0.717, 1.165) is 28.7 Å². The molecule has 4 rings (SSSR count). The summed E-state index contributed by atoms with van der Waals surface area (Å²) in [7, 11) is 0. The van der Waals surface area contributed by atoms with Crippen LogP contribution in [0, 0.1) is 6.92 Å². The van der Waals surface area contributed by atoms with Crippen molar-refractivity contribution in [2.75, 3.05) is 0 Å². The summed E-state index contributed by atoms with van der Waals surface area (Å²) in [5.74, 6) is 0. The quantitative estimate of drug-likeness (QED) is 0.0981. The number of aryl methyl sites for hydroxylation is 2. The van der Waals surface area contributed by atoms with E-state index in [9.17, 15) is 5.11 Å². The molecule has 3 heteroatoms. The molecule has 1 atom stereocenters. The van der Waals surface area contributed by atoms with Gasteiger partial charge in [0.25, 0.3) is 0 Å². The Kier molecular flexibility index (Phi) is 11.9. The molecule has 2 N–H and O–H groups in total. The molecule has 3 nitrogen and oxygen atoms in total. The minimum Gasteiger partial charge on any atom is -0.388 e. The molecule has 2 aromatic heterocycles. The zero-order valence-corrected chi connectivity index (χ0v) is 24.6. The largest absolute Gasteiger partial charge is 0.388 e. The Morgan fingerprint density at radius 3 is 1.92 bits per heavy atom. The van der Waals surface area contributed by atoms with Crippen LogP contribution in [-0.4, -0.2) is 10.1 Å². The summed E-state index contributed by atoms with van der Waals surface area (Å²) in [4.78, 5) is 3.44. The summed E-state index contributed by atoms with van der Waals surface area (Å²) in [5, 5.41) is 13.7. The number of H-pyrrole nitrogens is 1. The Labute approximate surface area is 236 Å². The Morgan fingerprint density at radius 2 is 1.26 bits per heavy atom. The van der Waals surface area contributed by atoms with E-state index in [4.69, 9.17) is 0 Å². The highest BCUT2D eigenvalue weighted by Gasteiger charge is 2.20. The lowest BCUT2D eigenvalue weighted by molar-refractivity contribution is -0.671. The third-order valence-electron chi connectivity index (χ3n) is 8.46. The van der Waals surface area contributed by atoms with Crippen LogP contribution in [0.15, 0.2) is 60.8 Å². The van der Waals surface area contributed by atoms with Crippen LogP contribution in [0.4, 0.5) is 0 Å². The van der Waals surface area contributed by atoms with Gasteiger partial charge in [0.05, 0.1) is 6.10 Å². The highest BCUT2D eigenvalue weighted by Crippen LogP contribution is 2.31. The maximum absolute atomic E-state index is 11.3. The molecule has 2 aromatic carbocycles. The molecule has 39 heavy (non-hydrogen) atoms. The summed E-state index contributed by atoms with van der Waals surface area (Å²) in [6, 6.07) is 19.2. The van der Waals surface area contributed by atoms with E-state index >= 15 is 0 Å². The average molecular weight is 528 g/mol. The van der Waals surface area contributed by atoms with E-state index in [1.165, 1.54) is 106 Å². The summed E-state index contributed by atoms with van der Waals surface area (Å²) in [5.41, 5.74) is 5.64. The second kappa shape index (κ2) is 15.8. The van der Waals surface area contributed by atoms with E-state index in [-0.39, 0.29) is 0 Å². The number of fused-ring (bicyclic) bond motifs is 2. The predicted octanol–water partition coefficient (Wildman–Crippen LogP) is 9.67. The van der Waals surface area contributed by atoms with Gasteiger partial charge in [-0.1, -0.05) is 114 Å². The van der Waals surface area contributed by atoms with Crippen molar-refractivity contribution < 1.29 is 9.67 Å². The molecule has 0 fully saturated rings. The maximum Gasteiger partial charge on any atom is 0.212 e. The van der Waals surface area contributed by atoms with Crippen molar-refractivity contribution in [3.8, 4) is 0 Å². The zero-order chi connectivity index (χ0) is 27.3. The van der Waals surface area contributed by atoms with Crippen LogP contribution in [0.5, 0.6) is 0 Å². The molecule has 0 saturated heterocycles. The van der Waals surface area contributed by atoms with Gasteiger partial charge in [-0.15, -0.1) is 0 Å². The number of hydrogen-bond acceptors (Lipinski definition) is 1. The molecule has 0 aliphatic rings. The van der Waals surface area contributed by atoms with E-state index in [2.05, 4.69) is 72.1 Å². The number of aliphatic hydroxyl groups excluding tert-OH is 1. The fourth-order valence-corrected chi connectivity index (χ4v) is 6.23. The SMILES string of the molecule is CCCCCCCCCCCCCCCC[n+]1ccc(C[C@H](O)c2c(C)[nH]c3ccccc23)c2ccccc21. The van der Waals surface area contributed by atoms with Crippen molar-refractivity contribution in [1.29, 1.82) is 0 Å². The van der Waals surface area contributed by atoms with Gasteiger partial charge in [0, 0.05) is 52.5 Å². The lowest BCUT2D eigenvalue weighted by Gasteiger charge is -2.13. The first kappa shape index (κ1) is 29.3. The van der Waals surface area contributed by atoms with E-state index in [0.29, 0.717) is 6.42 Å². The fraction of sp³-hybridized carbons (Fsp3) is 0.528. The number of aliphatic hydroxyl groups is 1. The van der Waals surface area contributed by atoms with Crippen LogP contribution in [0.25, 0.3) is 21.8 Å². The smallest absolute Gasteiger partial charge is 0.212 e. The van der Waals surface area contributed by atoms with E-state index in [1.54, 1.807) is 0 Å². The highest BCUT2D eigenvalue weighted by atomic mass is 16.3. The molecule has 0 radical (unpaired) electrons. The first-order chi connectivity index (χ1) is 19.2. The molecule has 2 heterocycles. The Hall–Kier alpha value is -2.65. The van der Waals surface area contributed by atoms with Crippen LogP contribution in [-0.2, 0) is 13.0 Å². The Bertz CT molecular complexity index is 1270. The average Bonchev–Trinajstić information content (AvgIpc) is 3.30. The zero-order valence-electron chi connectivity index (χ0n) is 24.6. The second-order valence-corrected chi connectivity index (χ2v) is 11.6. The lowest BCUT2D eigenvalue weighted by atomic mass is 9.96. The summed E-state index contributed by atoms with van der Waals surface area (Å²) in [6.07, 6.45) is 21.8. The fourth-order valence-electron chi connectivity index (χ4n) is 6.23. The van der Waals surface area contributed by atoms with Gasteiger partial charge >= 0.3 is 0 Å². The first-order valence-electron chi connectivity index (χ1n) is 15.8. The molecule has 0 bridgehead atoms. The van der Waals surface area contributed by atoms with Crippen LogP contribution in [0.3, 0.4) is 0 Å². The number of pyridine rings is 1. The van der Waals surface area contributed by atoms with Crippen LogP contribution >= 0.6 is 0 Å². The lowest BCUT2D eigenvalue weighted by Crippen LogP contribution is -2.34. The number of rotatable bonds is 18.